The molecule has 0 radical (unpaired) electrons. The summed E-state index contributed by atoms with van der Waals surface area (Å²) in [5.74, 6) is -0.134. The quantitative estimate of drug-likeness (QED) is 0.245. The van der Waals surface area contributed by atoms with Crippen molar-refractivity contribution in [3.63, 3.8) is 0 Å². The summed E-state index contributed by atoms with van der Waals surface area (Å²) in [5.41, 5.74) is 4.60. The van der Waals surface area contributed by atoms with Gasteiger partial charge in [0.05, 0.1) is 12.3 Å². The van der Waals surface area contributed by atoms with Gasteiger partial charge >= 0.3 is 5.97 Å². The number of nitriles is 1. The van der Waals surface area contributed by atoms with Gasteiger partial charge in [0.2, 0.25) is 5.60 Å². The summed E-state index contributed by atoms with van der Waals surface area (Å²) in [6.07, 6.45) is -1.38. The van der Waals surface area contributed by atoms with Crippen molar-refractivity contribution in [2.75, 3.05) is 18.9 Å². The monoisotopic (exact) mass is 510 g/mol. The molecule has 192 valence electrons. The number of nitrogens with two attached hydrogens (primary N) is 1. The van der Waals surface area contributed by atoms with E-state index in [0.717, 1.165) is 12.8 Å². The number of nitrogen functional groups attached to an aromatic ring is 1. The molecule has 6 atom stereocenters. The van der Waals surface area contributed by atoms with Crippen molar-refractivity contribution in [2.45, 2.75) is 63.6 Å². The molecule has 2 aromatic rings. The van der Waals surface area contributed by atoms with Gasteiger partial charge in [-0.15, -0.1) is 0 Å². The lowest BCUT2D eigenvalue weighted by Gasteiger charge is -2.24. The van der Waals surface area contributed by atoms with Gasteiger partial charge in [-0.1, -0.05) is 26.7 Å². The van der Waals surface area contributed by atoms with Crippen molar-refractivity contribution in [1.29, 1.82) is 5.26 Å². The number of aromatic nitrogens is 3. The Labute approximate surface area is 203 Å². The van der Waals surface area contributed by atoms with Gasteiger partial charge in [-0.05, 0) is 25.0 Å². The van der Waals surface area contributed by atoms with Crippen LogP contribution < -0.4 is 10.8 Å². The zero-order valence-corrected chi connectivity index (χ0v) is 20.7. The van der Waals surface area contributed by atoms with Crippen molar-refractivity contribution in [3.8, 4) is 6.07 Å². The second-order valence-electron chi connectivity index (χ2n) is 8.43. The Hall–Kier alpha value is -2.59. The molecule has 13 nitrogen and oxygen atoms in total. The van der Waals surface area contributed by atoms with Gasteiger partial charge in [0, 0.05) is 0 Å². The first-order valence-electron chi connectivity index (χ1n) is 11.3. The van der Waals surface area contributed by atoms with Crippen molar-refractivity contribution in [1.82, 2.24) is 19.7 Å². The first kappa shape index (κ1) is 27.0. The minimum absolute atomic E-state index is 0.200. The molecule has 5 N–H and O–H groups in total. The molecular formula is C21H31N6O7P. The second-order valence-corrected chi connectivity index (χ2v) is 9.58. The van der Waals surface area contributed by atoms with E-state index in [9.17, 15) is 24.8 Å². The van der Waals surface area contributed by atoms with Crippen LogP contribution in [0.4, 0.5) is 5.82 Å². The van der Waals surface area contributed by atoms with Crippen molar-refractivity contribution < 1.29 is 33.6 Å². The molecule has 0 saturated carbocycles. The van der Waals surface area contributed by atoms with E-state index in [-0.39, 0.29) is 18.3 Å². The minimum atomic E-state index is -3.03. The van der Waals surface area contributed by atoms with Crippen LogP contribution in [0.2, 0.25) is 0 Å². The van der Waals surface area contributed by atoms with Gasteiger partial charge in [-0.2, -0.15) is 10.4 Å². The normalized spacial score (nSPS) is 26.0. The predicted octanol–water partition coefficient (Wildman–Crippen LogP) is 0.731. The zero-order valence-electron chi connectivity index (χ0n) is 19.7. The van der Waals surface area contributed by atoms with E-state index in [0.29, 0.717) is 11.2 Å². The molecule has 0 spiro atoms. The number of esters is 1. The van der Waals surface area contributed by atoms with Crippen LogP contribution in [-0.4, -0.2) is 67.8 Å². The third-order valence-electron chi connectivity index (χ3n) is 6.16. The summed E-state index contributed by atoms with van der Waals surface area (Å²) >= 11 is 0. The van der Waals surface area contributed by atoms with E-state index in [1.165, 1.54) is 17.8 Å². The molecule has 1 saturated heterocycles. The number of carbonyl (C=O) groups excluding carboxylic acids is 1. The van der Waals surface area contributed by atoms with Crippen molar-refractivity contribution in [3.05, 3.63) is 24.2 Å². The molecule has 0 aliphatic carbocycles. The topological polar surface area (TPSA) is 194 Å². The van der Waals surface area contributed by atoms with E-state index < -0.39 is 50.7 Å². The molecular weight excluding hydrogens is 479 g/mol. The molecule has 0 aromatic carbocycles. The second kappa shape index (κ2) is 11.4. The number of aliphatic hydroxyl groups excluding tert-OH is 2. The Kier molecular flexibility index (Phi) is 8.82. The molecule has 2 aromatic heterocycles. The molecule has 1 aliphatic rings. The Balaban J connectivity index is 1.63. The smallest absolute Gasteiger partial charge is 0.323 e. The van der Waals surface area contributed by atoms with Gasteiger partial charge in [-0.25, -0.2) is 14.6 Å². The van der Waals surface area contributed by atoms with Crippen LogP contribution in [0.1, 0.15) is 45.4 Å². The summed E-state index contributed by atoms with van der Waals surface area (Å²) in [6, 6.07) is 4.09. The Bertz CT molecular complexity index is 1100. The standard InChI is InChI=1S/C21H31N6O7P/c1-4-13(5-2)8-32-20(30)12(3)26-35(31)33-10-21(9-22)18(29)16(28)17(34-21)14-6-7-15-19(23)24-11-25-27(14)15/h6-7,11-13,16-18,28-29,35H,4-5,8,10H2,1-3H3,(H,26,31)(H2,23,24,25)/t12-,16-,17-,18-,21+/m0/s1. The fraction of sp³-hybridized carbons (Fsp3) is 0.619. The molecule has 1 aliphatic heterocycles. The summed E-state index contributed by atoms with van der Waals surface area (Å²) in [7, 11) is -3.03. The van der Waals surface area contributed by atoms with E-state index in [1.807, 2.05) is 19.9 Å². The predicted molar refractivity (Wildman–Crippen MR) is 124 cm³/mol. The van der Waals surface area contributed by atoms with E-state index >= 15 is 0 Å². The minimum Gasteiger partial charge on any atom is -0.464 e. The molecule has 1 fully saturated rings. The highest BCUT2D eigenvalue weighted by molar-refractivity contribution is 7.36. The van der Waals surface area contributed by atoms with Crippen LogP contribution in [0.25, 0.3) is 5.52 Å². The maximum Gasteiger partial charge on any atom is 0.323 e. The maximum atomic E-state index is 12.4. The molecule has 3 rings (SSSR count). The van der Waals surface area contributed by atoms with Crippen LogP contribution in [0.3, 0.4) is 0 Å². The Morgan fingerprint density at radius 2 is 2.14 bits per heavy atom. The number of nitrogens with one attached hydrogen (secondary N) is 1. The van der Waals surface area contributed by atoms with Crippen molar-refractivity contribution in [2.24, 2.45) is 5.92 Å². The summed E-state index contributed by atoms with van der Waals surface area (Å²) in [4.78, 5) is 16.0. The van der Waals surface area contributed by atoms with Gasteiger partial charge in [-0.3, -0.25) is 9.36 Å². The fourth-order valence-corrected chi connectivity index (χ4v) is 4.68. The van der Waals surface area contributed by atoms with E-state index in [2.05, 4.69) is 15.2 Å². The van der Waals surface area contributed by atoms with Gasteiger partial charge in [0.25, 0.3) is 8.18 Å². The summed E-state index contributed by atoms with van der Waals surface area (Å²) in [5, 5.41) is 37.6. The highest BCUT2D eigenvalue weighted by Gasteiger charge is 2.56. The lowest BCUT2D eigenvalue weighted by molar-refractivity contribution is -0.146. The Morgan fingerprint density at radius 3 is 2.80 bits per heavy atom. The molecule has 0 bridgehead atoms. The number of carbonyl (C=O) groups is 1. The van der Waals surface area contributed by atoms with Gasteiger partial charge in [0.15, 0.2) is 5.82 Å². The number of nitrogens with zero attached hydrogens (tertiary/aromatic N) is 4. The molecule has 35 heavy (non-hydrogen) atoms. The number of hydrogen-bond acceptors (Lipinski definition) is 11. The van der Waals surface area contributed by atoms with Crippen LogP contribution in [0, 0.1) is 17.2 Å². The number of aliphatic hydroxyl groups is 2. The van der Waals surface area contributed by atoms with E-state index in [1.54, 1.807) is 12.1 Å². The fourth-order valence-electron chi connectivity index (χ4n) is 3.77. The highest BCUT2D eigenvalue weighted by Crippen LogP contribution is 2.41. The average Bonchev–Trinajstić information content (AvgIpc) is 3.39. The van der Waals surface area contributed by atoms with Crippen LogP contribution in [-0.2, 0) is 23.4 Å². The van der Waals surface area contributed by atoms with E-state index in [4.69, 9.17) is 19.7 Å². The number of rotatable bonds is 11. The first-order valence-corrected chi connectivity index (χ1v) is 12.6. The Morgan fingerprint density at radius 1 is 1.43 bits per heavy atom. The first-order chi connectivity index (χ1) is 16.7. The largest absolute Gasteiger partial charge is 0.464 e. The lowest BCUT2D eigenvalue weighted by atomic mass is 9.96. The number of ether oxygens (including phenoxy) is 2. The van der Waals surface area contributed by atoms with Crippen LogP contribution >= 0.6 is 8.18 Å². The number of anilines is 1. The number of hydrogen-bond donors (Lipinski definition) is 4. The maximum absolute atomic E-state index is 12.4. The lowest BCUT2D eigenvalue weighted by Crippen LogP contribution is -2.45. The third-order valence-corrected chi connectivity index (χ3v) is 7.24. The summed E-state index contributed by atoms with van der Waals surface area (Å²) in [6.45, 7) is 5.13. The molecule has 1 unspecified atom stereocenters. The SMILES string of the molecule is CCC(CC)COC(=O)[C@H](C)N[PH](=O)OC[C@@]1(C#N)O[C@@H](c2ccc3c(N)ncnn23)[C@H](O)[C@@H]1O. The van der Waals surface area contributed by atoms with Crippen LogP contribution in [0.5, 0.6) is 0 Å². The molecule has 0 amide bonds. The van der Waals surface area contributed by atoms with Crippen LogP contribution in [0.15, 0.2) is 18.5 Å². The van der Waals surface area contributed by atoms with Gasteiger partial charge in [0.1, 0.15) is 48.9 Å². The third kappa shape index (κ3) is 5.64. The van der Waals surface area contributed by atoms with Crippen molar-refractivity contribution >= 4 is 25.5 Å². The average molecular weight is 510 g/mol. The molecule has 3 heterocycles. The number of fused-ring (bicyclic) bond motifs is 1. The van der Waals surface area contributed by atoms with Gasteiger partial charge < -0.3 is 29.9 Å². The summed E-state index contributed by atoms with van der Waals surface area (Å²) < 4.78 is 30.1. The molecule has 14 heteroatoms. The zero-order chi connectivity index (χ0) is 25.8. The highest BCUT2D eigenvalue weighted by atomic mass is 31.1.